The highest BCUT2D eigenvalue weighted by atomic mass is 32.2. The molecule has 8 heteroatoms. The minimum absolute atomic E-state index is 0.168. The fraction of sp³-hybridized carbons (Fsp3) is 0.138. The van der Waals surface area contributed by atoms with Crippen LogP contribution in [-0.4, -0.2) is 28.0 Å². The summed E-state index contributed by atoms with van der Waals surface area (Å²) in [6.45, 7) is 1.89. The molecule has 0 aliphatic rings. The summed E-state index contributed by atoms with van der Waals surface area (Å²) in [6, 6.07) is 29.8. The summed E-state index contributed by atoms with van der Waals surface area (Å²) in [5.74, 6) is 0.822. The molecule has 4 rings (SSSR count). The van der Waals surface area contributed by atoms with Gasteiger partial charge in [0, 0.05) is 5.69 Å². The maximum Gasteiger partial charge on any atom is 0.264 e. The molecule has 0 saturated carbocycles. The van der Waals surface area contributed by atoms with E-state index in [1.54, 1.807) is 79.9 Å². The molecule has 0 aliphatic heterocycles. The Hall–Kier alpha value is -4.30. The van der Waals surface area contributed by atoms with Gasteiger partial charge in [-0.15, -0.1) is 0 Å². The molecular formula is C29H28N2O5S. The summed E-state index contributed by atoms with van der Waals surface area (Å²) in [6.07, 6.45) is 0. The Morgan fingerprint density at radius 2 is 1.43 bits per heavy atom. The number of anilines is 2. The van der Waals surface area contributed by atoms with Crippen molar-refractivity contribution in [3.05, 3.63) is 114 Å². The molecular weight excluding hydrogens is 488 g/mol. The number of carbonyl (C=O) groups excluding carboxylic acids is 1. The average Bonchev–Trinajstić information content (AvgIpc) is 2.92. The van der Waals surface area contributed by atoms with Gasteiger partial charge in [0.15, 0.2) is 6.61 Å². The van der Waals surface area contributed by atoms with Crippen LogP contribution in [0.4, 0.5) is 11.4 Å². The zero-order valence-electron chi connectivity index (χ0n) is 20.6. The highest BCUT2D eigenvalue weighted by Gasteiger charge is 2.25. The number of sulfonamides is 1. The molecule has 0 fully saturated rings. The first kappa shape index (κ1) is 25.8. The van der Waals surface area contributed by atoms with Gasteiger partial charge in [-0.2, -0.15) is 0 Å². The molecule has 4 aromatic carbocycles. The van der Waals surface area contributed by atoms with Crippen LogP contribution in [0.15, 0.2) is 108 Å². The number of amides is 1. The van der Waals surface area contributed by atoms with E-state index < -0.39 is 10.0 Å². The third kappa shape index (κ3) is 6.68. The van der Waals surface area contributed by atoms with Gasteiger partial charge in [-0.05, 0) is 73.2 Å². The van der Waals surface area contributed by atoms with Crippen LogP contribution in [-0.2, 0) is 21.4 Å². The van der Waals surface area contributed by atoms with Crippen molar-refractivity contribution < 1.29 is 22.7 Å². The highest BCUT2D eigenvalue weighted by molar-refractivity contribution is 7.92. The molecule has 7 nitrogen and oxygen atoms in total. The van der Waals surface area contributed by atoms with Crippen molar-refractivity contribution >= 4 is 27.3 Å². The van der Waals surface area contributed by atoms with Gasteiger partial charge in [-0.25, -0.2) is 8.42 Å². The predicted molar refractivity (Wildman–Crippen MR) is 145 cm³/mol. The van der Waals surface area contributed by atoms with Crippen molar-refractivity contribution in [3.8, 4) is 11.5 Å². The van der Waals surface area contributed by atoms with Gasteiger partial charge in [-0.3, -0.25) is 9.10 Å². The van der Waals surface area contributed by atoms with Gasteiger partial charge in [0.1, 0.15) is 11.5 Å². The fourth-order valence-electron chi connectivity index (χ4n) is 3.63. The molecule has 0 atom stereocenters. The highest BCUT2D eigenvalue weighted by Crippen LogP contribution is 2.28. The number of methoxy groups -OCH3 is 1. The molecule has 0 spiro atoms. The molecule has 0 heterocycles. The standard InChI is InChI=1S/C29H28N2O5S/c1-22-8-18-28(19-9-22)37(33,34)31(20-23-6-4-3-5-7-23)25-12-16-27(17-13-25)36-21-29(32)30-24-10-14-26(35-2)15-11-24/h3-19H,20-21H2,1-2H3,(H,30,32). The maximum atomic E-state index is 13.6. The predicted octanol–water partition coefficient (Wildman–Crippen LogP) is 5.42. The molecule has 0 bridgehead atoms. The fourth-order valence-corrected chi connectivity index (χ4v) is 5.08. The van der Waals surface area contributed by atoms with Crippen LogP contribution in [0.1, 0.15) is 11.1 Å². The van der Waals surface area contributed by atoms with Crippen molar-refractivity contribution in [3.63, 3.8) is 0 Å². The van der Waals surface area contributed by atoms with Crippen molar-refractivity contribution in [2.75, 3.05) is 23.3 Å². The van der Waals surface area contributed by atoms with Crippen molar-refractivity contribution in [2.24, 2.45) is 0 Å². The Morgan fingerprint density at radius 3 is 2.05 bits per heavy atom. The molecule has 190 valence electrons. The second kappa shape index (κ2) is 11.6. The first-order valence-electron chi connectivity index (χ1n) is 11.7. The SMILES string of the molecule is COc1ccc(NC(=O)COc2ccc(N(Cc3ccccc3)S(=O)(=O)c3ccc(C)cc3)cc2)cc1. The van der Waals surface area contributed by atoms with E-state index in [-0.39, 0.29) is 24.0 Å². The van der Waals surface area contributed by atoms with Gasteiger partial charge >= 0.3 is 0 Å². The van der Waals surface area contributed by atoms with Gasteiger partial charge in [0.2, 0.25) is 0 Å². The lowest BCUT2D eigenvalue weighted by molar-refractivity contribution is -0.118. The van der Waals surface area contributed by atoms with Gasteiger partial charge in [0.25, 0.3) is 15.9 Å². The first-order chi connectivity index (χ1) is 17.8. The molecule has 0 unspecified atom stereocenters. The number of ether oxygens (including phenoxy) is 2. The quantitative estimate of drug-likeness (QED) is 0.304. The second-order valence-corrected chi connectivity index (χ2v) is 10.2. The van der Waals surface area contributed by atoms with E-state index in [9.17, 15) is 13.2 Å². The molecule has 0 aromatic heterocycles. The Kier molecular flexibility index (Phi) is 8.10. The minimum Gasteiger partial charge on any atom is -0.497 e. The Morgan fingerprint density at radius 1 is 0.811 bits per heavy atom. The molecule has 37 heavy (non-hydrogen) atoms. The number of benzene rings is 4. The summed E-state index contributed by atoms with van der Waals surface area (Å²) in [4.78, 5) is 12.5. The van der Waals surface area contributed by atoms with E-state index in [0.717, 1.165) is 11.1 Å². The lowest BCUT2D eigenvalue weighted by Gasteiger charge is -2.25. The number of hydrogen-bond acceptors (Lipinski definition) is 5. The summed E-state index contributed by atoms with van der Waals surface area (Å²) >= 11 is 0. The van der Waals surface area contributed by atoms with E-state index in [4.69, 9.17) is 9.47 Å². The molecule has 0 aliphatic carbocycles. The maximum absolute atomic E-state index is 13.6. The molecule has 1 amide bonds. The Bertz CT molecular complexity index is 1420. The Balaban J connectivity index is 1.48. The zero-order chi connectivity index (χ0) is 26.3. The van der Waals surface area contributed by atoms with E-state index in [0.29, 0.717) is 22.9 Å². The topological polar surface area (TPSA) is 84.9 Å². The van der Waals surface area contributed by atoms with Crippen LogP contribution in [0.5, 0.6) is 11.5 Å². The van der Waals surface area contributed by atoms with Crippen molar-refractivity contribution in [1.82, 2.24) is 0 Å². The number of nitrogens with zero attached hydrogens (tertiary/aromatic N) is 1. The van der Waals surface area contributed by atoms with Gasteiger partial charge in [-0.1, -0.05) is 48.0 Å². The van der Waals surface area contributed by atoms with Crippen LogP contribution in [0.25, 0.3) is 0 Å². The van der Waals surface area contributed by atoms with Crippen LogP contribution in [0, 0.1) is 6.92 Å². The van der Waals surface area contributed by atoms with Gasteiger partial charge < -0.3 is 14.8 Å². The zero-order valence-corrected chi connectivity index (χ0v) is 21.4. The van der Waals surface area contributed by atoms with E-state index in [1.807, 2.05) is 37.3 Å². The Labute approximate surface area is 217 Å². The lowest BCUT2D eigenvalue weighted by atomic mass is 10.2. The van der Waals surface area contributed by atoms with E-state index >= 15 is 0 Å². The second-order valence-electron chi connectivity index (χ2n) is 8.37. The van der Waals surface area contributed by atoms with Crippen LogP contribution < -0.4 is 19.1 Å². The van der Waals surface area contributed by atoms with E-state index in [1.165, 1.54) is 4.31 Å². The van der Waals surface area contributed by atoms with E-state index in [2.05, 4.69) is 5.32 Å². The normalized spacial score (nSPS) is 11.0. The summed E-state index contributed by atoms with van der Waals surface area (Å²) in [7, 11) is -2.25. The number of carbonyl (C=O) groups is 1. The monoisotopic (exact) mass is 516 g/mol. The van der Waals surface area contributed by atoms with Crippen LogP contribution in [0.3, 0.4) is 0 Å². The largest absolute Gasteiger partial charge is 0.497 e. The third-order valence-electron chi connectivity index (χ3n) is 5.65. The lowest BCUT2D eigenvalue weighted by Crippen LogP contribution is -2.30. The smallest absolute Gasteiger partial charge is 0.264 e. The van der Waals surface area contributed by atoms with Gasteiger partial charge in [0.05, 0.1) is 24.2 Å². The average molecular weight is 517 g/mol. The summed E-state index contributed by atoms with van der Waals surface area (Å²) < 4.78 is 39.3. The summed E-state index contributed by atoms with van der Waals surface area (Å²) in [5.41, 5.74) is 2.95. The molecule has 0 saturated heterocycles. The van der Waals surface area contributed by atoms with Crippen molar-refractivity contribution in [2.45, 2.75) is 18.4 Å². The number of aryl methyl sites for hydroxylation is 1. The molecule has 0 radical (unpaired) electrons. The summed E-state index contributed by atoms with van der Waals surface area (Å²) in [5, 5.41) is 2.76. The minimum atomic E-state index is -3.83. The molecule has 4 aromatic rings. The number of nitrogens with one attached hydrogen (secondary N) is 1. The van der Waals surface area contributed by atoms with Crippen LogP contribution >= 0.6 is 0 Å². The third-order valence-corrected chi connectivity index (χ3v) is 7.43. The first-order valence-corrected chi connectivity index (χ1v) is 13.1. The number of hydrogen-bond donors (Lipinski definition) is 1. The van der Waals surface area contributed by atoms with Crippen molar-refractivity contribution in [1.29, 1.82) is 0 Å². The number of rotatable bonds is 10. The molecule has 1 N–H and O–H groups in total. The van der Waals surface area contributed by atoms with Crippen LogP contribution in [0.2, 0.25) is 0 Å².